The molecule has 2 rings (SSSR count). The fraction of sp³-hybridized carbons (Fsp3) is 0.273. The first-order valence-corrected chi connectivity index (χ1v) is 5.41. The summed E-state index contributed by atoms with van der Waals surface area (Å²) in [6, 6.07) is 5.25. The molecule has 0 fully saturated rings. The van der Waals surface area contributed by atoms with Crippen LogP contribution in [-0.2, 0) is 17.9 Å². The zero-order chi connectivity index (χ0) is 13.0. The Kier molecular flexibility index (Phi) is 3.63. The van der Waals surface area contributed by atoms with Gasteiger partial charge in [0.1, 0.15) is 18.1 Å². The average Bonchev–Trinajstić information content (AvgIpc) is 2.71. The number of rotatable bonds is 4. The molecular weight excluding hydrogens is 234 g/mol. The molecule has 2 aromatic rings. The van der Waals surface area contributed by atoms with Crippen molar-refractivity contribution >= 4 is 11.7 Å². The van der Waals surface area contributed by atoms with Gasteiger partial charge in [-0.3, -0.25) is 4.79 Å². The number of aromatic nitrogens is 4. The number of aliphatic hydroxyl groups excluding tert-OH is 1. The summed E-state index contributed by atoms with van der Waals surface area (Å²) in [4.78, 5) is 15.7. The smallest absolute Gasteiger partial charge is 0.247 e. The van der Waals surface area contributed by atoms with Gasteiger partial charge in [0.25, 0.3) is 0 Å². The Morgan fingerprint density at radius 1 is 1.50 bits per heavy atom. The number of carbonyl (C=O) groups excluding carboxylic acids is 1. The molecule has 0 unspecified atom stereocenters. The first-order valence-electron chi connectivity index (χ1n) is 5.41. The monoisotopic (exact) mass is 247 g/mol. The Bertz CT molecular complexity index is 538. The maximum Gasteiger partial charge on any atom is 0.247 e. The summed E-state index contributed by atoms with van der Waals surface area (Å²) >= 11 is 0. The Morgan fingerprint density at radius 2 is 2.33 bits per heavy atom. The van der Waals surface area contributed by atoms with E-state index in [1.165, 1.54) is 4.68 Å². The molecule has 0 saturated carbocycles. The molecule has 0 saturated heterocycles. The molecular formula is C11H13N5O2. The highest BCUT2D eigenvalue weighted by Crippen LogP contribution is 2.04. The molecule has 0 aliphatic rings. The second kappa shape index (κ2) is 5.37. The normalized spacial score (nSPS) is 10.3. The van der Waals surface area contributed by atoms with Gasteiger partial charge in [-0.1, -0.05) is 11.3 Å². The number of pyridine rings is 1. The van der Waals surface area contributed by atoms with Crippen LogP contribution in [0.4, 0.5) is 5.82 Å². The molecule has 2 N–H and O–H groups in total. The van der Waals surface area contributed by atoms with E-state index in [2.05, 4.69) is 20.6 Å². The topological polar surface area (TPSA) is 92.9 Å². The van der Waals surface area contributed by atoms with Crippen LogP contribution < -0.4 is 5.32 Å². The fourth-order valence-corrected chi connectivity index (χ4v) is 1.45. The van der Waals surface area contributed by atoms with E-state index >= 15 is 0 Å². The number of nitrogens with one attached hydrogen (secondary N) is 1. The van der Waals surface area contributed by atoms with Crippen LogP contribution in [0.25, 0.3) is 0 Å². The summed E-state index contributed by atoms with van der Waals surface area (Å²) in [6.45, 7) is 1.60. The molecule has 2 heterocycles. The first kappa shape index (κ1) is 12.2. The van der Waals surface area contributed by atoms with Gasteiger partial charge in [-0.15, -0.1) is 5.10 Å². The molecule has 0 aliphatic heterocycles. The molecule has 2 aromatic heterocycles. The molecule has 0 bridgehead atoms. The Balaban J connectivity index is 2.01. The predicted octanol–water partition coefficient (Wildman–Crippen LogP) is 0.113. The van der Waals surface area contributed by atoms with Crippen molar-refractivity contribution < 1.29 is 9.90 Å². The maximum absolute atomic E-state index is 11.7. The van der Waals surface area contributed by atoms with Crippen LogP contribution in [0.15, 0.2) is 24.4 Å². The third-order valence-corrected chi connectivity index (χ3v) is 2.45. The van der Waals surface area contributed by atoms with Crippen molar-refractivity contribution in [2.45, 2.75) is 20.1 Å². The number of nitrogens with zero attached hydrogens (tertiary/aromatic N) is 4. The summed E-state index contributed by atoms with van der Waals surface area (Å²) in [5, 5.41) is 19.2. The van der Waals surface area contributed by atoms with E-state index < -0.39 is 0 Å². The number of hydrogen-bond donors (Lipinski definition) is 2. The van der Waals surface area contributed by atoms with Crippen LogP contribution in [0, 0.1) is 6.92 Å². The third kappa shape index (κ3) is 2.69. The quantitative estimate of drug-likeness (QED) is 0.800. The molecule has 7 nitrogen and oxygen atoms in total. The van der Waals surface area contributed by atoms with Gasteiger partial charge in [-0.25, -0.2) is 9.67 Å². The molecule has 0 spiro atoms. The lowest BCUT2D eigenvalue weighted by atomic mass is 10.3. The minimum atomic E-state index is -0.244. The molecule has 0 radical (unpaired) electrons. The van der Waals surface area contributed by atoms with Crippen molar-refractivity contribution in [3.8, 4) is 0 Å². The van der Waals surface area contributed by atoms with E-state index in [1.54, 1.807) is 31.3 Å². The molecule has 0 atom stereocenters. The van der Waals surface area contributed by atoms with Gasteiger partial charge in [0.15, 0.2) is 0 Å². The summed E-state index contributed by atoms with van der Waals surface area (Å²) in [5.74, 6) is 0.244. The van der Waals surface area contributed by atoms with E-state index in [1.807, 2.05) is 0 Å². The van der Waals surface area contributed by atoms with Crippen molar-refractivity contribution in [1.29, 1.82) is 0 Å². The lowest BCUT2D eigenvalue weighted by Gasteiger charge is -2.05. The number of amides is 1. The number of carbonyl (C=O) groups is 1. The molecule has 0 aliphatic carbocycles. The molecule has 94 valence electrons. The Hall–Kier alpha value is -2.28. The van der Waals surface area contributed by atoms with E-state index in [9.17, 15) is 4.79 Å². The van der Waals surface area contributed by atoms with Gasteiger partial charge in [-0.05, 0) is 19.1 Å². The van der Waals surface area contributed by atoms with Crippen LogP contribution in [0.1, 0.15) is 11.4 Å². The maximum atomic E-state index is 11.7. The van der Waals surface area contributed by atoms with Gasteiger partial charge in [0.05, 0.1) is 12.3 Å². The molecule has 7 heteroatoms. The van der Waals surface area contributed by atoms with Crippen molar-refractivity contribution in [3.63, 3.8) is 0 Å². The van der Waals surface area contributed by atoms with Gasteiger partial charge < -0.3 is 10.4 Å². The lowest BCUT2D eigenvalue weighted by molar-refractivity contribution is -0.117. The SMILES string of the molecule is Cc1c(CO)nnn1CC(=O)Nc1ccccn1. The van der Waals surface area contributed by atoms with E-state index in [-0.39, 0.29) is 19.1 Å². The molecule has 18 heavy (non-hydrogen) atoms. The predicted molar refractivity (Wildman–Crippen MR) is 63.5 cm³/mol. The van der Waals surface area contributed by atoms with Gasteiger partial charge in [-0.2, -0.15) is 0 Å². The van der Waals surface area contributed by atoms with Crippen LogP contribution >= 0.6 is 0 Å². The summed E-state index contributed by atoms with van der Waals surface area (Å²) < 4.78 is 1.43. The summed E-state index contributed by atoms with van der Waals surface area (Å²) in [5.41, 5.74) is 1.15. The van der Waals surface area contributed by atoms with Gasteiger partial charge >= 0.3 is 0 Å². The highest BCUT2D eigenvalue weighted by atomic mass is 16.3. The first-order chi connectivity index (χ1) is 8.70. The molecule has 0 aromatic carbocycles. The van der Waals surface area contributed by atoms with Crippen LogP contribution in [0.5, 0.6) is 0 Å². The largest absolute Gasteiger partial charge is 0.390 e. The van der Waals surface area contributed by atoms with Crippen LogP contribution in [0.2, 0.25) is 0 Å². The average molecular weight is 247 g/mol. The van der Waals surface area contributed by atoms with Crippen molar-refractivity contribution in [3.05, 3.63) is 35.8 Å². The van der Waals surface area contributed by atoms with E-state index in [4.69, 9.17) is 5.11 Å². The van der Waals surface area contributed by atoms with Crippen molar-refractivity contribution in [1.82, 2.24) is 20.0 Å². The van der Waals surface area contributed by atoms with E-state index in [0.29, 0.717) is 17.2 Å². The fourth-order valence-electron chi connectivity index (χ4n) is 1.45. The number of hydrogen-bond acceptors (Lipinski definition) is 5. The van der Waals surface area contributed by atoms with Crippen molar-refractivity contribution in [2.24, 2.45) is 0 Å². The highest BCUT2D eigenvalue weighted by Gasteiger charge is 2.11. The van der Waals surface area contributed by atoms with Crippen LogP contribution in [0.3, 0.4) is 0 Å². The second-order valence-electron chi connectivity index (χ2n) is 3.70. The van der Waals surface area contributed by atoms with E-state index in [0.717, 1.165) is 0 Å². The minimum Gasteiger partial charge on any atom is -0.390 e. The minimum absolute atomic E-state index is 0.0371. The molecule has 1 amide bonds. The zero-order valence-corrected chi connectivity index (χ0v) is 9.87. The summed E-state index contributed by atoms with van der Waals surface area (Å²) in [6.07, 6.45) is 1.60. The van der Waals surface area contributed by atoms with Gasteiger partial charge in [0, 0.05) is 6.20 Å². The number of aliphatic hydroxyl groups is 1. The van der Waals surface area contributed by atoms with Crippen molar-refractivity contribution in [2.75, 3.05) is 5.32 Å². The standard InChI is InChI=1S/C11H13N5O2/c1-8-9(7-17)14-15-16(8)6-11(18)13-10-4-2-3-5-12-10/h2-5,17H,6-7H2,1H3,(H,12,13,18). The summed E-state index contributed by atoms with van der Waals surface area (Å²) in [7, 11) is 0. The third-order valence-electron chi connectivity index (χ3n) is 2.45. The highest BCUT2D eigenvalue weighted by molar-refractivity contribution is 5.89. The number of anilines is 1. The van der Waals surface area contributed by atoms with Crippen LogP contribution in [-0.4, -0.2) is 31.0 Å². The lowest BCUT2D eigenvalue weighted by Crippen LogP contribution is -2.20. The Labute approximate surface area is 103 Å². The second-order valence-corrected chi connectivity index (χ2v) is 3.70. The Morgan fingerprint density at radius 3 is 2.94 bits per heavy atom. The zero-order valence-electron chi connectivity index (χ0n) is 9.87. The van der Waals surface area contributed by atoms with Gasteiger partial charge in [0.2, 0.25) is 5.91 Å².